The Morgan fingerprint density at radius 1 is 1.06 bits per heavy atom. The van der Waals surface area contributed by atoms with Crippen molar-refractivity contribution in [2.24, 2.45) is 5.92 Å². The Hall–Kier alpha value is -2.67. The van der Waals surface area contributed by atoms with Crippen LogP contribution in [0.2, 0.25) is 0 Å². The third kappa shape index (κ3) is 7.19. The highest BCUT2D eigenvalue weighted by molar-refractivity contribution is 7.99. The van der Waals surface area contributed by atoms with Gasteiger partial charge in [0.1, 0.15) is 0 Å². The maximum atomic E-state index is 13.1. The molecule has 0 bridgehead atoms. The van der Waals surface area contributed by atoms with E-state index in [0.29, 0.717) is 29.1 Å². The first-order valence-electron chi connectivity index (χ1n) is 11.3. The highest BCUT2D eigenvalue weighted by atomic mass is 32.2. The van der Waals surface area contributed by atoms with Crippen molar-refractivity contribution in [3.63, 3.8) is 0 Å². The first-order chi connectivity index (χ1) is 15.5. The predicted octanol–water partition coefficient (Wildman–Crippen LogP) is 4.81. The molecule has 170 valence electrons. The molecule has 0 saturated heterocycles. The van der Waals surface area contributed by atoms with Crippen LogP contribution in [0, 0.1) is 5.92 Å². The summed E-state index contributed by atoms with van der Waals surface area (Å²) in [6, 6.07) is 13.0. The van der Waals surface area contributed by atoms with Crippen LogP contribution in [0.15, 0.2) is 58.6 Å². The molecule has 0 aliphatic heterocycles. The first-order valence-corrected chi connectivity index (χ1v) is 12.3. The summed E-state index contributed by atoms with van der Waals surface area (Å²) in [5, 5.41) is 4.10. The van der Waals surface area contributed by atoms with E-state index in [1.165, 1.54) is 31.0 Å². The van der Waals surface area contributed by atoms with Crippen molar-refractivity contribution < 1.29 is 4.79 Å². The Labute approximate surface area is 193 Å². The number of hydrogen-bond donors (Lipinski definition) is 1. The van der Waals surface area contributed by atoms with Gasteiger partial charge >= 0.3 is 0 Å². The van der Waals surface area contributed by atoms with E-state index in [4.69, 9.17) is 4.98 Å². The number of unbranched alkanes of at least 4 members (excludes halogenated alkanes) is 3. The van der Waals surface area contributed by atoms with Crippen LogP contribution in [0.3, 0.4) is 0 Å². The largest absolute Gasteiger partial charge is 0.350 e. The van der Waals surface area contributed by atoms with Gasteiger partial charge in [-0.05, 0) is 36.6 Å². The number of para-hydroxylation sites is 1. The molecule has 3 rings (SSSR count). The number of nitrogens with one attached hydrogen (secondary N) is 1. The summed E-state index contributed by atoms with van der Waals surface area (Å²) in [6.07, 6.45) is 7.36. The predicted molar refractivity (Wildman–Crippen MR) is 131 cm³/mol. The van der Waals surface area contributed by atoms with E-state index in [9.17, 15) is 9.59 Å². The molecular weight excluding hydrogens is 420 g/mol. The lowest BCUT2D eigenvalue weighted by Gasteiger charge is -2.13. The number of pyridine rings is 1. The van der Waals surface area contributed by atoms with Gasteiger partial charge in [0, 0.05) is 12.7 Å². The molecule has 3 aromatic rings. The third-order valence-electron chi connectivity index (χ3n) is 5.26. The van der Waals surface area contributed by atoms with E-state index < -0.39 is 0 Å². The molecule has 0 spiro atoms. The minimum absolute atomic E-state index is 0.0332. The maximum absolute atomic E-state index is 13.1. The zero-order chi connectivity index (χ0) is 22.8. The second-order valence-electron chi connectivity index (χ2n) is 8.35. The number of aromatic nitrogens is 3. The molecule has 1 aromatic carbocycles. The van der Waals surface area contributed by atoms with Gasteiger partial charge in [0.25, 0.3) is 5.56 Å². The standard InChI is InChI=1S/C25H32N4O2S/c1-19(2)11-5-3-4-10-16-29-24(31)21-13-6-7-14-22(21)28-25(29)32-18-23(30)27-17-20-12-8-9-15-26-20/h6-9,12-15,19H,3-5,10-11,16-18H2,1-2H3,(H,27,30). The van der Waals surface area contributed by atoms with Crippen LogP contribution in [0.5, 0.6) is 0 Å². The number of hydrogen-bond acceptors (Lipinski definition) is 5. The number of rotatable bonds is 12. The molecule has 0 atom stereocenters. The fourth-order valence-electron chi connectivity index (χ4n) is 3.50. The van der Waals surface area contributed by atoms with Gasteiger partial charge in [-0.15, -0.1) is 0 Å². The van der Waals surface area contributed by atoms with Gasteiger partial charge in [0.2, 0.25) is 5.91 Å². The number of thioether (sulfide) groups is 1. The van der Waals surface area contributed by atoms with Crippen LogP contribution in [-0.2, 0) is 17.9 Å². The molecule has 0 radical (unpaired) electrons. The van der Waals surface area contributed by atoms with Crippen molar-refractivity contribution in [2.45, 2.75) is 64.2 Å². The number of carbonyl (C=O) groups is 1. The Kier molecular flexibility index (Phi) is 9.28. The fraction of sp³-hybridized carbons (Fsp3) is 0.440. The summed E-state index contributed by atoms with van der Waals surface area (Å²) < 4.78 is 1.74. The number of carbonyl (C=O) groups excluding carboxylic acids is 1. The lowest BCUT2D eigenvalue weighted by atomic mass is 10.0. The van der Waals surface area contributed by atoms with Crippen molar-refractivity contribution in [2.75, 3.05) is 5.75 Å². The van der Waals surface area contributed by atoms with Crippen LogP contribution in [0.1, 0.15) is 51.6 Å². The van der Waals surface area contributed by atoms with E-state index in [1.54, 1.807) is 10.8 Å². The lowest BCUT2D eigenvalue weighted by Crippen LogP contribution is -2.27. The fourth-order valence-corrected chi connectivity index (χ4v) is 4.36. The van der Waals surface area contributed by atoms with Crippen LogP contribution >= 0.6 is 11.8 Å². The van der Waals surface area contributed by atoms with Gasteiger partial charge in [-0.2, -0.15) is 0 Å². The van der Waals surface area contributed by atoms with Gasteiger partial charge in [-0.25, -0.2) is 4.98 Å². The molecule has 0 unspecified atom stereocenters. The maximum Gasteiger partial charge on any atom is 0.262 e. The van der Waals surface area contributed by atoms with E-state index in [1.807, 2.05) is 42.5 Å². The second-order valence-corrected chi connectivity index (χ2v) is 9.29. The van der Waals surface area contributed by atoms with Crippen molar-refractivity contribution in [1.29, 1.82) is 0 Å². The molecule has 1 amide bonds. The van der Waals surface area contributed by atoms with Crippen molar-refractivity contribution in [3.8, 4) is 0 Å². The monoisotopic (exact) mass is 452 g/mol. The molecule has 0 fully saturated rings. The van der Waals surface area contributed by atoms with Gasteiger partial charge in [-0.1, -0.05) is 69.5 Å². The Bertz CT molecular complexity index is 1070. The Balaban J connectivity index is 1.63. The number of amides is 1. The van der Waals surface area contributed by atoms with Crippen LogP contribution in [-0.4, -0.2) is 26.2 Å². The number of nitrogens with zero attached hydrogens (tertiary/aromatic N) is 3. The SMILES string of the molecule is CC(C)CCCCCCn1c(SCC(=O)NCc2ccccn2)nc2ccccc2c1=O. The molecule has 2 aromatic heterocycles. The summed E-state index contributed by atoms with van der Waals surface area (Å²) in [5.74, 6) is 0.823. The lowest BCUT2D eigenvalue weighted by molar-refractivity contribution is -0.118. The molecule has 7 heteroatoms. The average Bonchev–Trinajstić information content (AvgIpc) is 2.80. The summed E-state index contributed by atoms with van der Waals surface area (Å²) in [4.78, 5) is 34.4. The third-order valence-corrected chi connectivity index (χ3v) is 6.24. The topological polar surface area (TPSA) is 76.9 Å². The van der Waals surface area contributed by atoms with Gasteiger partial charge < -0.3 is 5.32 Å². The molecule has 6 nitrogen and oxygen atoms in total. The normalized spacial score (nSPS) is 11.2. The van der Waals surface area contributed by atoms with Crippen LogP contribution in [0.4, 0.5) is 0 Å². The molecule has 0 saturated carbocycles. The molecule has 1 N–H and O–H groups in total. The van der Waals surface area contributed by atoms with Crippen molar-refractivity contribution >= 4 is 28.6 Å². The van der Waals surface area contributed by atoms with Crippen LogP contribution in [0.25, 0.3) is 10.9 Å². The Morgan fingerprint density at radius 3 is 2.62 bits per heavy atom. The summed E-state index contributed by atoms with van der Waals surface area (Å²) >= 11 is 1.31. The van der Waals surface area contributed by atoms with E-state index in [2.05, 4.69) is 24.1 Å². The van der Waals surface area contributed by atoms with Crippen molar-refractivity contribution in [3.05, 3.63) is 64.7 Å². The average molecular weight is 453 g/mol. The molecular formula is C25H32N4O2S. The van der Waals surface area contributed by atoms with Gasteiger partial charge in [-0.3, -0.25) is 19.1 Å². The Morgan fingerprint density at radius 2 is 1.84 bits per heavy atom. The van der Waals surface area contributed by atoms with Crippen LogP contribution < -0.4 is 10.9 Å². The van der Waals surface area contributed by atoms with E-state index >= 15 is 0 Å². The minimum atomic E-state index is -0.108. The van der Waals surface area contributed by atoms with E-state index in [0.717, 1.165) is 24.5 Å². The summed E-state index contributed by atoms with van der Waals surface area (Å²) in [5.41, 5.74) is 1.44. The highest BCUT2D eigenvalue weighted by Crippen LogP contribution is 2.19. The van der Waals surface area contributed by atoms with Gasteiger partial charge in [0.05, 0.1) is 28.9 Å². The summed E-state index contributed by atoms with van der Waals surface area (Å²) in [7, 11) is 0. The number of benzene rings is 1. The highest BCUT2D eigenvalue weighted by Gasteiger charge is 2.13. The molecule has 32 heavy (non-hydrogen) atoms. The molecule has 0 aliphatic rings. The zero-order valence-electron chi connectivity index (χ0n) is 18.9. The zero-order valence-corrected chi connectivity index (χ0v) is 19.7. The summed E-state index contributed by atoms with van der Waals surface area (Å²) in [6.45, 7) is 5.50. The first kappa shape index (κ1) is 24.0. The van der Waals surface area contributed by atoms with Gasteiger partial charge in [0.15, 0.2) is 5.16 Å². The molecule has 2 heterocycles. The second kappa shape index (κ2) is 12.4. The minimum Gasteiger partial charge on any atom is -0.350 e. The van der Waals surface area contributed by atoms with E-state index in [-0.39, 0.29) is 17.2 Å². The molecule has 0 aliphatic carbocycles. The number of fused-ring (bicyclic) bond motifs is 1. The smallest absolute Gasteiger partial charge is 0.262 e. The van der Waals surface area contributed by atoms with Crippen molar-refractivity contribution in [1.82, 2.24) is 19.9 Å². The quantitative estimate of drug-likeness (QED) is 0.242.